The highest BCUT2D eigenvalue weighted by Gasteiger charge is 2.19. The molecule has 0 radical (unpaired) electrons. The fourth-order valence-corrected chi connectivity index (χ4v) is 3.88. The Labute approximate surface area is 182 Å². The van der Waals surface area contributed by atoms with E-state index < -0.39 is 0 Å². The van der Waals surface area contributed by atoms with Crippen molar-refractivity contribution in [3.63, 3.8) is 0 Å². The molecule has 0 saturated heterocycles. The van der Waals surface area contributed by atoms with E-state index in [-0.39, 0.29) is 0 Å². The van der Waals surface area contributed by atoms with E-state index in [0.717, 1.165) is 52.1 Å². The Balaban J connectivity index is 1.78. The van der Waals surface area contributed by atoms with E-state index in [2.05, 4.69) is 17.6 Å². The number of fused-ring (bicyclic) bond motifs is 1. The number of hydrogen-bond acceptors (Lipinski definition) is 4. The molecule has 3 aromatic carbocycles. The van der Waals surface area contributed by atoms with Gasteiger partial charge in [-0.05, 0) is 41.8 Å². The summed E-state index contributed by atoms with van der Waals surface area (Å²) in [5, 5.41) is 12.5. The topological polar surface area (TPSA) is 67.2 Å². The molecule has 4 aromatic rings. The molecule has 0 saturated carbocycles. The summed E-state index contributed by atoms with van der Waals surface area (Å²) in [5.74, 6) is 6.64. The lowest BCUT2D eigenvalue weighted by Gasteiger charge is -2.14. The summed E-state index contributed by atoms with van der Waals surface area (Å²) in [6, 6.07) is 26.5. The number of nitrogens with zero attached hydrogens (tertiary/aromatic N) is 3. The van der Waals surface area contributed by atoms with Gasteiger partial charge in [0.15, 0.2) is 0 Å². The zero-order valence-electron chi connectivity index (χ0n) is 17.9. The highest BCUT2D eigenvalue weighted by Crippen LogP contribution is 2.36. The normalized spacial score (nSPS) is 10.8. The Bertz CT molecular complexity index is 1220. The van der Waals surface area contributed by atoms with Crippen molar-refractivity contribution in [1.82, 2.24) is 4.57 Å². The lowest BCUT2D eigenvalue weighted by molar-refractivity contribution is 0.306. The fraction of sp³-hybridized carbons (Fsp3) is 0.192. The average molecular weight is 411 g/mol. The van der Waals surface area contributed by atoms with Gasteiger partial charge in [0.05, 0.1) is 22.5 Å². The van der Waals surface area contributed by atoms with Crippen molar-refractivity contribution >= 4 is 16.6 Å². The maximum Gasteiger partial charge on any atom is 0.121 e. The van der Waals surface area contributed by atoms with Gasteiger partial charge in [0.25, 0.3) is 0 Å². The van der Waals surface area contributed by atoms with Crippen LogP contribution >= 0.6 is 0 Å². The molecule has 1 heterocycles. The molecule has 0 aliphatic rings. The molecule has 0 amide bonds. The molecular formula is C26H26N4O. The number of aromatic nitrogens is 1. The van der Waals surface area contributed by atoms with Crippen molar-refractivity contribution in [3.05, 3.63) is 83.9 Å². The second kappa shape index (κ2) is 8.95. The molecule has 2 N–H and O–H groups in total. The van der Waals surface area contributed by atoms with Gasteiger partial charge < -0.3 is 14.3 Å². The van der Waals surface area contributed by atoms with Gasteiger partial charge in [-0.15, -0.1) is 0 Å². The first-order valence-corrected chi connectivity index (χ1v) is 10.4. The van der Waals surface area contributed by atoms with Crippen LogP contribution in [0.3, 0.4) is 0 Å². The van der Waals surface area contributed by atoms with E-state index >= 15 is 0 Å². The molecule has 0 unspecified atom stereocenters. The monoisotopic (exact) mass is 410 g/mol. The lowest BCUT2D eigenvalue weighted by Crippen LogP contribution is -2.24. The number of nitriles is 1. The molecule has 5 nitrogen and oxygen atoms in total. The Morgan fingerprint density at radius 3 is 2.42 bits per heavy atom. The maximum atomic E-state index is 10.0. The summed E-state index contributed by atoms with van der Waals surface area (Å²) in [6.45, 7) is 3.46. The van der Waals surface area contributed by atoms with Crippen LogP contribution in [0.25, 0.3) is 22.2 Å². The van der Waals surface area contributed by atoms with E-state index in [4.69, 9.17) is 10.6 Å². The van der Waals surface area contributed by atoms with Crippen LogP contribution < -0.4 is 15.6 Å². The van der Waals surface area contributed by atoms with Gasteiger partial charge in [-0.2, -0.15) is 5.26 Å². The zero-order chi connectivity index (χ0) is 21.8. The van der Waals surface area contributed by atoms with Gasteiger partial charge >= 0.3 is 0 Å². The summed E-state index contributed by atoms with van der Waals surface area (Å²) >= 11 is 0. The first-order valence-electron chi connectivity index (χ1n) is 10.4. The molecule has 0 aliphatic heterocycles. The first-order chi connectivity index (χ1) is 15.1. The quantitative estimate of drug-likeness (QED) is 0.324. The van der Waals surface area contributed by atoms with Crippen LogP contribution in [0.1, 0.15) is 24.5 Å². The minimum absolute atomic E-state index is 0.507. The van der Waals surface area contributed by atoms with Crippen molar-refractivity contribution in [2.75, 3.05) is 12.1 Å². The molecule has 156 valence electrons. The average Bonchev–Trinajstić information content (AvgIpc) is 3.11. The predicted octanol–water partition coefficient (Wildman–Crippen LogP) is 5.48. The highest BCUT2D eigenvalue weighted by molar-refractivity contribution is 5.95. The zero-order valence-corrected chi connectivity index (χ0v) is 17.9. The van der Waals surface area contributed by atoms with Crippen LogP contribution in [0.15, 0.2) is 72.8 Å². The predicted molar refractivity (Wildman–Crippen MR) is 126 cm³/mol. The van der Waals surface area contributed by atoms with E-state index in [1.807, 2.05) is 72.8 Å². The Morgan fingerprint density at radius 2 is 1.77 bits per heavy atom. The lowest BCUT2D eigenvalue weighted by atomic mass is 10.1. The third-order valence-corrected chi connectivity index (χ3v) is 5.39. The second-order valence-electron chi connectivity index (χ2n) is 7.60. The summed E-state index contributed by atoms with van der Waals surface area (Å²) < 4.78 is 8.27. The van der Waals surface area contributed by atoms with Crippen LogP contribution in [0.2, 0.25) is 0 Å². The van der Waals surface area contributed by atoms with Crippen molar-refractivity contribution in [1.29, 1.82) is 5.26 Å². The number of hydrogen-bond donors (Lipinski definition) is 1. The Kier molecular flexibility index (Phi) is 5.92. The smallest absolute Gasteiger partial charge is 0.121 e. The number of aryl methyl sites for hydroxylation is 1. The van der Waals surface area contributed by atoms with E-state index in [1.54, 1.807) is 12.1 Å². The summed E-state index contributed by atoms with van der Waals surface area (Å²) in [5.41, 5.74) is 5.67. The van der Waals surface area contributed by atoms with E-state index in [9.17, 15) is 5.26 Å². The number of ether oxygens (including phenoxy) is 1. The van der Waals surface area contributed by atoms with Gasteiger partial charge in [-0.1, -0.05) is 49.4 Å². The summed E-state index contributed by atoms with van der Waals surface area (Å²) in [6.07, 6.45) is 0.959. The molecule has 31 heavy (non-hydrogen) atoms. The molecule has 0 spiro atoms. The number of nitrogens with two attached hydrogens (primary N) is 1. The van der Waals surface area contributed by atoms with Gasteiger partial charge in [0.1, 0.15) is 18.4 Å². The Hall–Kier alpha value is -3.75. The van der Waals surface area contributed by atoms with Crippen LogP contribution in [-0.4, -0.2) is 11.6 Å². The second-order valence-corrected chi connectivity index (χ2v) is 7.60. The number of benzene rings is 3. The largest absolute Gasteiger partial charge is 0.489 e. The van der Waals surface area contributed by atoms with Crippen LogP contribution in [0, 0.1) is 11.3 Å². The minimum Gasteiger partial charge on any atom is -0.489 e. The first kappa shape index (κ1) is 20.5. The van der Waals surface area contributed by atoms with Gasteiger partial charge in [-0.3, -0.25) is 0 Å². The number of hydrazine groups is 1. The van der Waals surface area contributed by atoms with Gasteiger partial charge in [0, 0.05) is 25.0 Å². The van der Waals surface area contributed by atoms with Crippen LogP contribution in [0.5, 0.6) is 5.75 Å². The SMILES string of the molecule is CCCn1c(-c2ccc(N(C)N)cc2)c(C#N)c2ccc(OCc3ccccc3)cc21. The molecule has 0 aliphatic carbocycles. The van der Waals surface area contributed by atoms with E-state index in [1.165, 1.54) is 0 Å². The molecular weight excluding hydrogens is 384 g/mol. The number of rotatable bonds is 7. The van der Waals surface area contributed by atoms with Crippen LogP contribution in [-0.2, 0) is 13.2 Å². The van der Waals surface area contributed by atoms with Crippen molar-refractivity contribution < 1.29 is 4.74 Å². The van der Waals surface area contributed by atoms with Gasteiger partial charge in [0.2, 0.25) is 0 Å². The molecule has 4 rings (SSSR count). The third-order valence-electron chi connectivity index (χ3n) is 5.39. The van der Waals surface area contributed by atoms with Gasteiger partial charge in [-0.25, -0.2) is 5.84 Å². The molecule has 5 heteroatoms. The van der Waals surface area contributed by atoms with Crippen molar-refractivity contribution in [2.24, 2.45) is 5.84 Å². The standard InChI is InChI=1S/C26H26N4O/c1-3-15-30-25-16-22(31-18-19-7-5-4-6-8-19)13-14-23(25)24(17-27)26(30)20-9-11-21(12-10-20)29(2)28/h4-14,16H,3,15,18,28H2,1-2H3. The fourth-order valence-electron chi connectivity index (χ4n) is 3.88. The van der Waals surface area contributed by atoms with E-state index in [0.29, 0.717) is 12.2 Å². The molecule has 0 atom stereocenters. The highest BCUT2D eigenvalue weighted by atomic mass is 16.5. The van der Waals surface area contributed by atoms with Crippen LogP contribution in [0.4, 0.5) is 5.69 Å². The molecule has 1 aromatic heterocycles. The molecule has 0 fully saturated rings. The van der Waals surface area contributed by atoms with Crippen molar-refractivity contribution in [2.45, 2.75) is 26.5 Å². The minimum atomic E-state index is 0.507. The molecule has 0 bridgehead atoms. The third kappa shape index (κ3) is 4.11. The number of anilines is 1. The van der Waals surface area contributed by atoms with Crippen molar-refractivity contribution in [3.8, 4) is 23.1 Å². The maximum absolute atomic E-state index is 10.0. The Morgan fingerprint density at radius 1 is 1.03 bits per heavy atom. The summed E-state index contributed by atoms with van der Waals surface area (Å²) in [7, 11) is 1.81. The summed E-state index contributed by atoms with van der Waals surface area (Å²) in [4.78, 5) is 0.